The Labute approximate surface area is 175 Å². The molecule has 0 radical (unpaired) electrons. The first kappa shape index (κ1) is 22.7. The van der Waals surface area contributed by atoms with Gasteiger partial charge in [-0.05, 0) is 37.8 Å². The second kappa shape index (κ2) is 9.41. The molecule has 1 amide bonds. The molecule has 0 aliphatic carbocycles. The molecule has 168 valence electrons. The summed E-state index contributed by atoms with van der Waals surface area (Å²) in [6, 6.07) is 5.65. The van der Waals surface area contributed by atoms with Crippen LogP contribution in [0.15, 0.2) is 24.4 Å². The lowest BCUT2D eigenvalue weighted by Gasteiger charge is -2.34. The van der Waals surface area contributed by atoms with E-state index in [2.05, 4.69) is 20.2 Å². The number of aryl methyl sites for hydroxylation is 1. The molecule has 2 saturated heterocycles. The van der Waals surface area contributed by atoms with E-state index in [4.69, 9.17) is 14.6 Å². The second-order valence-corrected chi connectivity index (χ2v) is 7.37. The van der Waals surface area contributed by atoms with Crippen molar-refractivity contribution in [2.45, 2.75) is 44.6 Å². The largest absolute Gasteiger partial charge is 0.490 e. The van der Waals surface area contributed by atoms with Crippen molar-refractivity contribution in [2.75, 3.05) is 13.1 Å². The number of piperidine rings is 1. The molecule has 4 heterocycles. The maximum absolute atomic E-state index is 12.5. The van der Waals surface area contributed by atoms with Gasteiger partial charge in [0.05, 0.1) is 12.5 Å². The third-order valence-electron chi connectivity index (χ3n) is 5.11. The van der Waals surface area contributed by atoms with Crippen LogP contribution in [0, 0.1) is 12.8 Å². The maximum Gasteiger partial charge on any atom is 0.490 e. The number of ether oxygens (including phenoxy) is 1. The van der Waals surface area contributed by atoms with Gasteiger partial charge in [-0.25, -0.2) is 9.78 Å². The van der Waals surface area contributed by atoms with E-state index in [0.717, 1.165) is 36.7 Å². The molecule has 0 bridgehead atoms. The first-order chi connectivity index (χ1) is 14.6. The third kappa shape index (κ3) is 6.00. The summed E-state index contributed by atoms with van der Waals surface area (Å²) < 4.78 is 37.9. The Morgan fingerprint density at radius 2 is 2.10 bits per heavy atom. The lowest BCUT2D eigenvalue weighted by Crippen LogP contribution is -2.45. The molecule has 2 fully saturated rings. The number of aromatic nitrogens is 4. The number of H-pyrrole nitrogens is 1. The number of nitrogens with zero attached hydrogens (tertiary/aromatic N) is 4. The monoisotopic (exact) mass is 441 g/mol. The number of fused-ring (bicyclic) bond motifs is 1. The van der Waals surface area contributed by atoms with Crippen LogP contribution in [-0.2, 0) is 20.7 Å². The Bertz CT molecular complexity index is 905. The SMILES string of the molecule is Cc1nc([C@H]2C[C@@H]3CCN(C(=O)Cc4ccccn4)C[C@H]3O2)n[nH]1.O=C(O)C(F)(F)F. The van der Waals surface area contributed by atoms with E-state index in [0.29, 0.717) is 18.9 Å². The van der Waals surface area contributed by atoms with Gasteiger partial charge in [0.25, 0.3) is 0 Å². The zero-order valence-electron chi connectivity index (χ0n) is 16.7. The number of amides is 1. The first-order valence-electron chi connectivity index (χ1n) is 9.65. The predicted octanol–water partition coefficient (Wildman–Crippen LogP) is 2.06. The number of aromatic amines is 1. The Balaban J connectivity index is 0.000000339. The fourth-order valence-electron chi connectivity index (χ4n) is 3.60. The van der Waals surface area contributed by atoms with Crippen molar-refractivity contribution in [3.63, 3.8) is 0 Å². The minimum Gasteiger partial charge on any atom is -0.475 e. The molecule has 3 atom stereocenters. The van der Waals surface area contributed by atoms with Crippen LogP contribution in [0.25, 0.3) is 0 Å². The lowest BCUT2D eigenvalue weighted by molar-refractivity contribution is -0.192. The number of halogens is 3. The van der Waals surface area contributed by atoms with Crippen LogP contribution in [0.3, 0.4) is 0 Å². The molecule has 2 aliphatic heterocycles. The second-order valence-electron chi connectivity index (χ2n) is 7.37. The highest BCUT2D eigenvalue weighted by molar-refractivity contribution is 5.78. The Morgan fingerprint density at radius 1 is 1.35 bits per heavy atom. The summed E-state index contributed by atoms with van der Waals surface area (Å²) in [6.07, 6.45) is -1.09. The van der Waals surface area contributed by atoms with Crippen molar-refractivity contribution in [3.05, 3.63) is 41.7 Å². The lowest BCUT2D eigenvalue weighted by atomic mass is 9.91. The average molecular weight is 441 g/mol. The number of carboxylic acid groups (broad SMARTS) is 1. The summed E-state index contributed by atoms with van der Waals surface area (Å²) in [5.41, 5.74) is 0.811. The molecule has 0 spiro atoms. The van der Waals surface area contributed by atoms with Crippen molar-refractivity contribution in [3.8, 4) is 0 Å². The van der Waals surface area contributed by atoms with Crippen molar-refractivity contribution in [1.29, 1.82) is 0 Å². The van der Waals surface area contributed by atoms with E-state index in [-0.39, 0.29) is 18.1 Å². The normalized spacial score (nSPS) is 23.0. The number of alkyl halides is 3. The number of nitrogens with one attached hydrogen (secondary N) is 1. The molecule has 0 aromatic carbocycles. The number of carbonyl (C=O) groups is 2. The van der Waals surface area contributed by atoms with Gasteiger partial charge in [0.1, 0.15) is 11.9 Å². The molecule has 0 unspecified atom stereocenters. The smallest absolute Gasteiger partial charge is 0.475 e. The van der Waals surface area contributed by atoms with Crippen LogP contribution in [0.2, 0.25) is 0 Å². The van der Waals surface area contributed by atoms with Gasteiger partial charge in [-0.2, -0.15) is 18.3 Å². The number of aliphatic carboxylic acids is 1. The summed E-state index contributed by atoms with van der Waals surface area (Å²) in [5, 5.41) is 14.2. The van der Waals surface area contributed by atoms with E-state index in [1.54, 1.807) is 6.20 Å². The summed E-state index contributed by atoms with van der Waals surface area (Å²) in [7, 11) is 0. The van der Waals surface area contributed by atoms with Crippen LogP contribution in [0.5, 0.6) is 0 Å². The minimum atomic E-state index is -5.08. The summed E-state index contributed by atoms with van der Waals surface area (Å²) in [4.78, 5) is 31.9. The molecule has 9 nitrogen and oxygen atoms in total. The van der Waals surface area contributed by atoms with Crippen molar-refractivity contribution in [2.24, 2.45) is 5.92 Å². The van der Waals surface area contributed by atoms with E-state index in [1.165, 1.54) is 0 Å². The standard InChI is InChI=1S/C17H21N5O2.C2HF3O2/c1-11-19-17(21-20-11)14-8-12-5-7-22(10-15(12)24-14)16(23)9-13-4-2-3-6-18-13;3-2(4,5)1(6)7/h2-4,6,12,14-15H,5,7-10H2,1H3,(H,19,20,21);(H,6,7)/t12-,14+,15+;/m0./s1. The van der Waals surface area contributed by atoms with Crippen LogP contribution in [0.1, 0.15) is 36.3 Å². The zero-order valence-corrected chi connectivity index (χ0v) is 16.7. The Hall–Kier alpha value is -3.02. The highest BCUT2D eigenvalue weighted by Gasteiger charge is 2.42. The molecule has 0 saturated carbocycles. The number of hydrogen-bond donors (Lipinski definition) is 2. The molecule has 12 heteroatoms. The van der Waals surface area contributed by atoms with E-state index in [9.17, 15) is 18.0 Å². The number of likely N-dealkylation sites (tertiary alicyclic amines) is 1. The fraction of sp³-hybridized carbons (Fsp3) is 0.526. The quantitative estimate of drug-likeness (QED) is 0.748. The topological polar surface area (TPSA) is 121 Å². The molecule has 4 rings (SSSR count). The van der Waals surface area contributed by atoms with Gasteiger partial charge >= 0.3 is 12.1 Å². The van der Waals surface area contributed by atoms with Crippen LogP contribution >= 0.6 is 0 Å². The maximum atomic E-state index is 12.5. The zero-order chi connectivity index (χ0) is 22.6. The van der Waals surface area contributed by atoms with Gasteiger partial charge < -0.3 is 14.7 Å². The highest BCUT2D eigenvalue weighted by Crippen LogP contribution is 2.39. The highest BCUT2D eigenvalue weighted by atomic mass is 19.4. The molecule has 2 aliphatic rings. The Kier molecular flexibility index (Phi) is 6.88. The minimum absolute atomic E-state index is 0.0595. The summed E-state index contributed by atoms with van der Waals surface area (Å²) >= 11 is 0. The van der Waals surface area contributed by atoms with Crippen LogP contribution in [-0.4, -0.2) is 67.4 Å². The predicted molar refractivity (Wildman–Crippen MR) is 99.7 cm³/mol. The molecular formula is C19H22F3N5O4. The van der Waals surface area contributed by atoms with E-state index in [1.807, 2.05) is 30.0 Å². The van der Waals surface area contributed by atoms with Crippen molar-refractivity contribution in [1.82, 2.24) is 25.1 Å². The van der Waals surface area contributed by atoms with Gasteiger partial charge in [0, 0.05) is 25.0 Å². The Morgan fingerprint density at radius 3 is 2.68 bits per heavy atom. The van der Waals surface area contributed by atoms with Gasteiger partial charge in [0.2, 0.25) is 5.91 Å². The summed E-state index contributed by atoms with van der Waals surface area (Å²) in [5.74, 6) is -0.628. The van der Waals surface area contributed by atoms with Crippen molar-refractivity contribution < 1.29 is 32.6 Å². The molecule has 2 N–H and O–H groups in total. The number of hydrogen-bond acceptors (Lipinski definition) is 6. The van der Waals surface area contributed by atoms with E-state index >= 15 is 0 Å². The number of carbonyl (C=O) groups excluding carboxylic acids is 1. The fourth-order valence-corrected chi connectivity index (χ4v) is 3.60. The van der Waals surface area contributed by atoms with Crippen LogP contribution < -0.4 is 0 Å². The summed E-state index contributed by atoms with van der Waals surface area (Å²) in [6.45, 7) is 3.32. The van der Waals surface area contributed by atoms with E-state index < -0.39 is 12.1 Å². The number of carboxylic acids is 1. The van der Waals surface area contributed by atoms with Gasteiger partial charge in [0.15, 0.2) is 5.82 Å². The number of rotatable bonds is 3. The molecule has 31 heavy (non-hydrogen) atoms. The number of pyridine rings is 1. The van der Waals surface area contributed by atoms with Gasteiger partial charge in [-0.15, -0.1) is 0 Å². The first-order valence-corrected chi connectivity index (χ1v) is 9.65. The van der Waals surface area contributed by atoms with Gasteiger partial charge in [-0.1, -0.05) is 6.07 Å². The average Bonchev–Trinajstić information content (AvgIpc) is 3.33. The molecule has 2 aromatic heterocycles. The van der Waals surface area contributed by atoms with Gasteiger partial charge in [-0.3, -0.25) is 14.9 Å². The molecule has 2 aromatic rings. The third-order valence-corrected chi connectivity index (χ3v) is 5.11. The van der Waals surface area contributed by atoms with Crippen molar-refractivity contribution >= 4 is 11.9 Å². The molecular weight excluding hydrogens is 419 g/mol. The van der Waals surface area contributed by atoms with Crippen LogP contribution in [0.4, 0.5) is 13.2 Å².